The minimum atomic E-state index is -0.432. The first kappa shape index (κ1) is 21.3. The molecule has 0 bridgehead atoms. The second-order valence-corrected chi connectivity index (χ2v) is 7.15. The van der Waals surface area contributed by atoms with Crippen LogP contribution in [0.2, 0.25) is 5.02 Å². The van der Waals surface area contributed by atoms with Crippen LogP contribution in [0.5, 0.6) is 5.75 Å². The van der Waals surface area contributed by atoms with Gasteiger partial charge in [-0.15, -0.1) is 0 Å². The number of aromatic nitrogens is 2. The maximum Gasteiger partial charge on any atom is 0.252 e. The summed E-state index contributed by atoms with van der Waals surface area (Å²) < 4.78 is 19.8. The third kappa shape index (κ3) is 5.19. The van der Waals surface area contributed by atoms with E-state index in [9.17, 15) is 9.18 Å². The number of hydrazone groups is 1. The minimum Gasteiger partial charge on any atom is -0.488 e. The molecule has 3 aromatic carbocycles. The quantitative estimate of drug-likeness (QED) is 0.299. The van der Waals surface area contributed by atoms with Crippen molar-refractivity contribution in [1.82, 2.24) is 9.97 Å². The third-order valence-electron chi connectivity index (χ3n) is 4.54. The van der Waals surface area contributed by atoms with Crippen LogP contribution in [0.3, 0.4) is 0 Å². The predicted molar refractivity (Wildman–Crippen MR) is 124 cm³/mol. The van der Waals surface area contributed by atoms with Gasteiger partial charge < -0.3 is 4.74 Å². The summed E-state index contributed by atoms with van der Waals surface area (Å²) in [4.78, 5) is 19.0. The molecule has 4 rings (SSSR count). The highest BCUT2D eigenvalue weighted by Crippen LogP contribution is 2.23. The Labute approximate surface area is 188 Å². The van der Waals surface area contributed by atoms with E-state index >= 15 is 0 Å². The van der Waals surface area contributed by atoms with Crippen LogP contribution in [0.15, 0.2) is 88.8 Å². The largest absolute Gasteiger partial charge is 0.488 e. The fourth-order valence-electron chi connectivity index (χ4n) is 2.97. The topological polar surface area (TPSA) is 79.4 Å². The lowest BCUT2D eigenvalue weighted by Crippen LogP contribution is -2.10. The van der Waals surface area contributed by atoms with Gasteiger partial charge in [-0.2, -0.15) is 5.10 Å². The van der Waals surface area contributed by atoms with Crippen LogP contribution in [-0.2, 0) is 6.61 Å². The molecule has 0 saturated carbocycles. The van der Waals surface area contributed by atoms with Crippen LogP contribution in [0.25, 0.3) is 11.3 Å². The molecule has 0 amide bonds. The fraction of sp³-hybridized carbons (Fsp3) is 0.0417. The summed E-state index contributed by atoms with van der Waals surface area (Å²) in [6, 6.07) is 22.4. The summed E-state index contributed by atoms with van der Waals surface area (Å²) in [6.45, 7) is -0.0300. The van der Waals surface area contributed by atoms with Crippen molar-refractivity contribution in [3.8, 4) is 17.0 Å². The lowest BCUT2D eigenvalue weighted by Gasteiger charge is -2.11. The Morgan fingerprint density at radius 3 is 2.66 bits per heavy atom. The first-order valence-corrected chi connectivity index (χ1v) is 10.1. The Kier molecular flexibility index (Phi) is 6.57. The van der Waals surface area contributed by atoms with Crippen molar-refractivity contribution >= 4 is 23.8 Å². The SMILES string of the molecule is O=c1cc(-c2ccccc2)nc(N/N=C/c2ccccc2OCc2c(F)cccc2Cl)[nH]1. The van der Waals surface area contributed by atoms with Crippen LogP contribution in [0, 0.1) is 5.82 Å². The van der Waals surface area contributed by atoms with Gasteiger partial charge in [0.25, 0.3) is 5.56 Å². The first-order chi connectivity index (χ1) is 15.6. The van der Waals surface area contributed by atoms with Gasteiger partial charge in [0.2, 0.25) is 5.95 Å². The second-order valence-electron chi connectivity index (χ2n) is 6.74. The first-order valence-electron chi connectivity index (χ1n) is 9.71. The van der Waals surface area contributed by atoms with E-state index in [0.717, 1.165) is 5.56 Å². The van der Waals surface area contributed by atoms with E-state index in [0.29, 0.717) is 22.0 Å². The van der Waals surface area contributed by atoms with Gasteiger partial charge in [0.15, 0.2) is 0 Å². The molecule has 4 aromatic rings. The van der Waals surface area contributed by atoms with Gasteiger partial charge in [-0.25, -0.2) is 14.8 Å². The van der Waals surface area contributed by atoms with Crippen molar-refractivity contribution in [3.05, 3.63) is 111 Å². The average molecular weight is 449 g/mol. The summed E-state index contributed by atoms with van der Waals surface area (Å²) in [5.41, 5.74) is 4.69. The summed E-state index contributed by atoms with van der Waals surface area (Å²) in [5.74, 6) is 0.264. The molecule has 1 heterocycles. The number of hydrogen-bond acceptors (Lipinski definition) is 5. The molecule has 1 aromatic heterocycles. The van der Waals surface area contributed by atoms with Gasteiger partial charge in [0.05, 0.1) is 16.9 Å². The predicted octanol–water partition coefficient (Wildman–Crippen LogP) is 5.25. The molecule has 0 atom stereocenters. The summed E-state index contributed by atoms with van der Waals surface area (Å²) in [5, 5.41) is 4.45. The number of ether oxygens (including phenoxy) is 1. The number of halogens is 2. The van der Waals surface area contributed by atoms with Gasteiger partial charge in [-0.1, -0.05) is 60.1 Å². The number of H-pyrrole nitrogens is 1. The van der Waals surface area contributed by atoms with E-state index in [1.807, 2.05) is 36.4 Å². The van der Waals surface area contributed by atoms with E-state index < -0.39 is 5.82 Å². The van der Waals surface area contributed by atoms with Gasteiger partial charge in [0, 0.05) is 22.8 Å². The highest BCUT2D eigenvalue weighted by molar-refractivity contribution is 6.31. The number of para-hydroxylation sites is 1. The number of nitrogens with one attached hydrogen (secondary N) is 2. The Bertz CT molecular complexity index is 1290. The number of anilines is 1. The zero-order valence-electron chi connectivity index (χ0n) is 16.8. The van der Waals surface area contributed by atoms with Crippen molar-refractivity contribution in [2.45, 2.75) is 6.61 Å². The molecule has 2 N–H and O–H groups in total. The average Bonchev–Trinajstić information content (AvgIpc) is 2.80. The number of hydrogen-bond donors (Lipinski definition) is 2. The van der Waals surface area contributed by atoms with Crippen molar-refractivity contribution in [3.63, 3.8) is 0 Å². The maximum atomic E-state index is 14.0. The van der Waals surface area contributed by atoms with Gasteiger partial charge >= 0.3 is 0 Å². The van der Waals surface area contributed by atoms with Crippen LogP contribution in [0.4, 0.5) is 10.3 Å². The Balaban J connectivity index is 1.49. The minimum absolute atomic E-state index is 0.0300. The van der Waals surface area contributed by atoms with Gasteiger partial charge in [-0.3, -0.25) is 9.78 Å². The molecule has 32 heavy (non-hydrogen) atoms. The van der Waals surface area contributed by atoms with Crippen molar-refractivity contribution < 1.29 is 9.13 Å². The fourth-order valence-corrected chi connectivity index (χ4v) is 3.19. The second kappa shape index (κ2) is 9.89. The smallest absolute Gasteiger partial charge is 0.252 e. The van der Waals surface area contributed by atoms with Gasteiger partial charge in [0.1, 0.15) is 18.2 Å². The van der Waals surface area contributed by atoms with Gasteiger partial charge in [-0.05, 0) is 24.3 Å². The highest BCUT2D eigenvalue weighted by Gasteiger charge is 2.09. The Morgan fingerprint density at radius 1 is 1.06 bits per heavy atom. The molecule has 160 valence electrons. The number of nitrogens with zero attached hydrogens (tertiary/aromatic N) is 2. The van der Waals surface area contributed by atoms with Crippen LogP contribution < -0.4 is 15.7 Å². The lowest BCUT2D eigenvalue weighted by molar-refractivity contribution is 0.299. The summed E-state index contributed by atoms with van der Waals surface area (Å²) >= 11 is 6.06. The summed E-state index contributed by atoms with van der Waals surface area (Å²) in [6.07, 6.45) is 1.52. The molecule has 0 radical (unpaired) electrons. The summed E-state index contributed by atoms with van der Waals surface area (Å²) in [7, 11) is 0. The molecule has 6 nitrogen and oxygen atoms in total. The van der Waals surface area contributed by atoms with Crippen LogP contribution >= 0.6 is 11.6 Å². The zero-order chi connectivity index (χ0) is 22.3. The van der Waals surface area contributed by atoms with Crippen molar-refractivity contribution in [1.29, 1.82) is 0 Å². The number of rotatable bonds is 7. The molecule has 0 saturated heterocycles. The van der Waals surface area contributed by atoms with Crippen LogP contribution in [-0.4, -0.2) is 16.2 Å². The number of aromatic amines is 1. The molecular formula is C24H18ClFN4O2. The third-order valence-corrected chi connectivity index (χ3v) is 4.89. The van der Waals surface area contributed by atoms with Crippen molar-refractivity contribution in [2.75, 3.05) is 5.43 Å². The maximum absolute atomic E-state index is 14.0. The van der Waals surface area contributed by atoms with Crippen molar-refractivity contribution in [2.24, 2.45) is 5.10 Å². The molecular weight excluding hydrogens is 431 g/mol. The Morgan fingerprint density at radius 2 is 1.84 bits per heavy atom. The van der Waals surface area contributed by atoms with E-state index in [1.54, 1.807) is 30.3 Å². The Hall–Kier alpha value is -3.97. The molecule has 8 heteroatoms. The van der Waals surface area contributed by atoms with E-state index in [1.165, 1.54) is 18.3 Å². The molecule has 0 spiro atoms. The van der Waals surface area contributed by atoms with E-state index in [4.69, 9.17) is 16.3 Å². The van der Waals surface area contributed by atoms with Crippen LogP contribution in [0.1, 0.15) is 11.1 Å². The molecule has 0 fully saturated rings. The standard InChI is InChI=1S/C24H18ClFN4O2/c25-19-10-6-11-20(26)18(19)15-32-22-12-5-4-9-17(22)14-27-30-24-28-21(13-23(31)29-24)16-7-2-1-3-8-16/h1-14H,15H2,(H2,28,29,30,31)/b27-14+. The lowest BCUT2D eigenvalue weighted by atomic mass is 10.1. The molecule has 0 aliphatic rings. The molecule has 0 unspecified atom stereocenters. The van der Waals surface area contributed by atoms with E-state index in [-0.39, 0.29) is 23.7 Å². The monoisotopic (exact) mass is 448 g/mol. The molecule has 0 aliphatic heterocycles. The normalized spacial score (nSPS) is 10.9. The molecule has 0 aliphatic carbocycles. The zero-order valence-corrected chi connectivity index (χ0v) is 17.5. The number of benzene rings is 3. The van der Waals surface area contributed by atoms with E-state index in [2.05, 4.69) is 20.5 Å². The highest BCUT2D eigenvalue weighted by atomic mass is 35.5.